The van der Waals surface area contributed by atoms with E-state index in [1.54, 1.807) is 19.1 Å². The summed E-state index contributed by atoms with van der Waals surface area (Å²) < 4.78 is 13.7. The first-order valence-electron chi connectivity index (χ1n) is 5.36. The van der Waals surface area contributed by atoms with Crippen molar-refractivity contribution in [2.75, 3.05) is 0 Å². The van der Waals surface area contributed by atoms with Gasteiger partial charge in [-0.1, -0.05) is 31.5 Å². The molecular weight excluding hydrogens is 191 g/mol. The third-order valence-corrected chi connectivity index (χ3v) is 2.48. The Morgan fingerprint density at radius 1 is 1.27 bits per heavy atom. The lowest BCUT2D eigenvalue weighted by Crippen LogP contribution is -2.06. The largest absolute Gasteiger partial charge is 0.388 e. The predicted molar refractivity (Wildman–Crippen MR) is 60.3 cm³/mol. The van der Waals surface area contributed by atoms with Crippen LogP contribution in [0.3, 0.4) is 0 Å². The Labute approximate surface area is 90.9 Å². The van der Waals surface area contributed by atoms with Crippen LogP contribution in [0.4, 0.5) is 4.39 Å². The summed E-state index contributed by atoms with van der Waals surface area (Å²) in [6.45, 7) is 7.68. The SMILES string of the molecule is Cc1cc(C)c(F)c(C(O)CC(C)C)c1. The van der Waals surface area contributed by atoms with Crippen LogP contribution in [-0.2, 0) is 0 Å². The van der Waals surface area contributed by atoms with E-state index in [1.807, 2.05) is 20.8 Å². The number of aliphatic hydroxyl groups is 1. The van der Waals surface area contributed by atoms with E-state index >= 15 is 0 Å². The highest BCUT2D eigenvalue weighted by Crippen LogP contribution is 2.26. The molecule has 2 heteroatoms. The van der Waals surface area contributed by atoms with Gasteiger partial charge < -0.3 is 5.11 Å². The van der Waals surface area contributed by atoms with E-state index in [4.69, 9.17) is 0 Å². The topological polar surface area (TPSA) is 20.2 Å². The first kappa shape index (κ1) is 12.2. The van der Waals surface area contributed by atoms with Gasteiger partial charge in [0.2, 0.25) is 0 Å². The number of aryl methyl sites for hydroxylation is 2. The van der Waals surface area contributed by atoms with E-state index in [0.717, 1.165) is 5.56 Å². The van der Waals surface area contributed by atoms with Crippen LogP contribution in [-0.4, -0.2) is 5.11 Å². The third kappa shape index (κ3) is 3.03. The molecular formula is C13H19FO. The van der Waals surface area contributed by atoms with Crippen LogP contribution in [0, 0.1) is 25.6 Å². The highest BCUT2D eigenvalue weighted by Gasteiger charge is 2.16. The van der Waals surface area contributed by atoms with Crippen molar-refractivity contribution >= 4 is 0 Å². The normalized spacial score (nSPS) is 13.3. The predicted octanol–water partition coefficient (Wildman–Crippen LogP) is 3.52. The molecule has 0 aromatic heterocycles. The molecule has 0 aliphatic rings. The highest BCUT2D eigenvalue weighted by atomic mass is 19.1. The molecule has 0 amide bonds. The van der Waals surface area contributed by atoms with E-state index in [0.29, 0.717) is 23.5 Å². The van der Waals surface area contributed by atoms with Crippen molar-refractivity contribution in [3.8, 4) is 0 Å². The molecule has 0 bridgehead atoms. The van der Waals surface area contributed by atoms with E-state index in [1.165, 1.54) is 0 Å². The minimum Gasteiger partial charge on any atom is -0.388 e. The molecule has 0 aliphatic carbocycles. The molecule has 1 aromatic carbocycles. The van der Waals surface area contributed by atoms with Crippen molar-refractivity contribution in [2.24, 2.45) is 5.92 Å². The molecule has 0 heterocycles. The van der Waals surface area contributed by atoms with Crippen LogP contribution in [0.25, 0.3) is 0 Å². The molecule has 0 fully saturated rings. The fourth-order valence-electron chi connectivity index (χ4n) is 1.80. The van der Waals surface area contributed by atoms with Gasteiger partial charge in [-0.2, -0.15) is 0 Å². The van der Waals surface area contributed by atoms with Gasteiger partial charge in [-0.15, -0.1) is 0 Å². The minimum absolute atomic E-state index is 0.270. The van der Waals surface area contributed by atoms with Gasteiger partial charge in [0.05, 0.1) is 6.10 Å². The maximum absolute atomic E-state index is 13.7. The van der Waals surface area contributed by atoms with Gasteiger partial charge in [-0.3, -0.25) is 0 Å². The maximum Gasteiger partial charge on any atom is 0.131 e. The van der Waals surface area contributed by atoms with Crippen LogP contribution in [0.5, 0.6) is 0 Å². The Morgan fingerprint density at radius 3 is 2.40 bits per heavy atom. The van der Waals surface area contributed by atoms with E-state index < -0.39 is 6.10 Å². The smallest absolute Gasteiger partial charge is 0.131 e. The molecule has 84 valence electrons. The molecule has 1 atom stereocenters. The summed E-state index contributed by atoms with van der Waals surface area (Å²) in [6.07, 6.45) is -0.0941. The first-order chi connectivity index (χ1) is 6.91. The molecule has 0 aliphatic heterocycles. The Balaban J connectivity index is 3.02. The van der Waals surface area contributed by atoms with Crippen molar-refractivity contribution in [3.05, 3.63) is 34.6 Å². The van der Waals surface area contributed by atoms with Crippen molar-refractivity contribution in [3.63, 3.8) is 0 Å². The minimum atomic E-state index is -0.691. The molecule has 0 radical (unpaired) electrons. The fourth-order valence-corrected chi connectivity index (χ4v) is 1.80. The number of halogens is 1. The van der Waals surface area contributed by atoms with Gasteiger partial charge in [0.15, 0.2) is 0 Å². The average Bonchev–Trinajstić information content (AvgIpc) is 2.09. The van der Waals surface area contributed by atoms with Gasteiger partial charge >= 0.3 is 0 Å². The number of benzene rings is 1. The van der Waals surface area contributed by atoms with Gasteiger partial charge in [0.25, 0.3) is 0 Å². The molecule has 1 aromatic rings. The summed E-state index contributed by atoms with van der Waals surface area (Å²) in [5.41, 5.74) is 2.03. The number of rotatable bonds is 3. The van der Waals surface area contributed by atoms with Crippen molar-refractivity contribution in [1.82, 2.24) is 0 Å². The fraction of sp³-hybridized carbons (Fsp3) is 0.538. The molecule has 0 saturated heterocycles. The van der Waals surface area contributed by atoms with Crippen LogP contribution < -0.4 is 0 Å². The Bertz CT molecular complexity index is 345. The Morgan fingerprint density at radius 2 is 1.87 bits per heavy atom. The molecule has 0 spiro atoms. The first-order valence-corrected chi connectivity index (χ1v) is 5.36. The standard InChI is InChI=1S/C13H19FO/c1-8(2)5-12(15)11-7-9(3)6-10(4)13(11)14/h6-8,12,15H,5H2,1-4H3. The highest BCUT2D eigenvalue weighted by molar-refractivity contribution is 5.31. The van der Waals surface area contributed by atoms with Gasteiger partial charge in [-0.05, 0) is 31.7 Å². The maximum atomic E-state index is 13.7. The molecule has 1 N–H and O–H groups in total. The van der Waals surface area contributed by atoms with Crippen LogP contribution in [0.2, 0.25) is 0 Å². The zero-order chi connectivity index (χ0) is 11.6. The summed E-state index contributed by atoms with van der Waals surface area (Å²) in [6, 6.07) is 3.52. The molecule has 1 nitrogen and oxygen atoms in total. The summed E-state index contributed by atoms with van der Waals surface area (Å²) in [5, 5.41) is 9.88. The molecule has 1 rings (SSSR count). The lowest BCUT2D eigenvalue weighted by Gasteiger charge is -2.16. The van der Waals surface area contributed by atoms with Crippen LogP contribution in [0.15, 0.2) is 12.1 Å². The zero-order valence-corrected chi connectivity index (χ0v) is 9.84. The van der Waals surface area contributed by atoms with Gasteiger partial charge in [-0.25, -0.2) is 4.39 Å². The van der Waals surface area contributed by atoms with Gasteiger partial charge in [0.1, 0.15) is 5.82 Å². The zero-order valence-electron chi connectivity index (χ0n) is 9.84. The summed E-state index contributed by atoms with van der Waals surface area (Å²) in [4.78, 5) is 0. The van der Waals surface area contributed by atoms with Crippen LogP contribution >= 0.6 is 0 Å². The summed E-state index contributed by atoms with van der Waals surface area (Å²) in [7, 11) is 0. The number of hydrogen-bond acceptors (Lipinski definition) is 1. The third-order valence-electron chi connectivity index (χ3n) is 2.48. The van der Waals surface area contributed by atoms with Gasteiger partial charge in [0, 0.05) is 5.56 Å². The second-order valence-electron chi connectivity index (χ2n) is 4.63. The van der Waals surface area contributed by atoms with E-state index in [-0.39, 0.29) is 5.82 Å². The van der Waals surface area contributed by atoms with Crippen molar-refractivity contribution in [2.45, 2.75) is 40.2 Å². The summed E-state index contributed by atoms with van der Waals surface area (Å²) in [5.74, 6) is 0.0916. The van der Waals surface area contributed by atoms with E-state index in [9.17, 15) is 9.50 Å². The number of hydrogen-bond donors (Lipinski definition) is 1. The Hall–Kier alpha value is -0.890. The van der Waals surface area contributed by atoms with E-state index in [2.05, 4.69) is 0 Å². The van der Waals surface area contributed by atoms with Crippen LogP contribution in [0.1, 0.15) is 43.1 Å². The van der Waals surface area contributed by atoms with Crippen molar-refractivity contribution in [1.29, 1.82) is 0 Å². The van der Waals surface area contributed by atoms with Crippen molar-refractivity contribution < 1.29 is 9.50 Å². The lowest BCUT2D eigenvalue weighted by atomic mass is 9.96. The lowest BCUT2D eigenvalue weighted by molar-refractivity contribution is 0.146. The molecule has 0 saturated carbocycles. The Kier molecular flexibility index (Phi) is 3.86. The average molecular weight is 210 g/mol. The monoisotopic (exact) mass is 210 g/mol. The second-order valence-corrected chi connectivity index (χ2v) is 4.63. The summed E-state index contributed by atoms with van der Waals surface area (Å²) >= 11 is 0. The second kappa shape index (κ2) is 4.75. The molecule has 1 unspecified atom stereocenters. The number of aliphatic hydroxyl groups excluding tert-OH is 1. The molecule has 15 heavy (non-hydrogen) atoms. The quantitative estimate of drug-likeness (QED) is 0.809.